The van der Waals surface area contributed by atoms with Crippen molar-refractivity contribution in [2.24, 2.45) is 0 Å². The SMILES string of the molecule is Cc1cc(NC(=O)CSc2n[nH]c(=O)n2Cc2ccccc2)on1. The van der Waals surface area contributed by atoms with Gasteiger partial charge in [-0.15, -0.1) is 5.10 Å². The largest absolute Gasteiger partial charge is 0.344 e. The maximum Gasteiger partial charge on any atom is 0.344 e. The van der Waals surface area contributed by atoms with E-state index in [1.54, 1.807) is 13.0 Å². The number of anilines is 1. The Morgan fingerprint density at radius 3 is 2.88 bits per heavy atom. The number of rotatable bonds is 6. The van der Waals surface area contributed by atoms with Crippen molar-refractivity contribution in [2.45, 2.75) is 18.6 Å². The summed E-state index contributed by atoms with van der Waals surface area (Å²) in [6.07, 6.45) is 0. The minimum Gasteiger partial charge on any atom is -0.338 e. The summed E-state index contributed by atoms with van der Waals surface area (Å²) in [6.45, 7) is 2.15. The summed E-state index contributed by atoms with van der Waals surface area (Å²) in [5.74, 6) is 0.124. The topological polar surface area (TPSA) is 106 Å². The number of nitrogens with zero attached hydrogens (tertiary/aromatic N) is 3. The number of aromatic amines is 1. The van der Waals surface area contributed by atoms with Gasteiger partial charge in [-0.2, -0.15) is 0 Å². The Bertz CT molecular complexity index is 884. The van der Waals surface area contributed by atoms with Crippen molar-refractivity contribution < 1.29 is 9.32 Å². The van der Waals surface area contributed by atoms with Crippen molar-refractivity contribution in [3.63, 3.8) is 0 Å². The molecule has 124 valence electrons. The predicted octanol–water partition coefficient (Wildman–Crippen LogP) is 1.65. The van der Waals surface area contributed by atoms with Crippen molar-refractivity contribution in [3.05, 3.63) is 58.1 Å². The highest BCUT2D eigenvalue weighted by molar-refractivity contribution is 7.99. The lowest BCUT2D eigenvalue weighted by Gasteiger charge is -2.05. The summed E-state index contributed by atoms with van der Waals surface area (Å²) in [5, 5.41) is 13.1. The van der Waals surface area contributed by atoms with Crippen LogP contribution in [0.3, 0.4) is 0 Å². The van der Waals surface area contributed by atoms with Crippen LogP contribution >= 0.6 is 11.8 Å². The van der Waals surface area contributed by atoms with Crippen LogP contribution in [0.2, 0.25) is 0 Å². The molecular formula is C15H15N5O3S. The number of nitrogens with one attached hydrogen (secondary N) is 2. The van der Waals surface area contributed by atoms with E-state index in [4.69, 9.17) is 4.52 Å². The quantitative estimate of drug-likeness (QED) is 0.658. The predicted molar refractivity (Wildman–Crippen MR) is 89.0 cm³/mol. The first-order valence-electron chi connectivity index (χ1n) is 7.17. The van der Waals surface area contributed by atoms with E-state index < -0.39 is 0 Å². The van der Waals surface area contributed by atoms with Gasteiger partial charge in [-0.25, -0.2) is 9.89 Å². The average molecular weight is 345 g/mol. The van der Waals surface area contributed by atoms with Crippen molar-refractivity contribution in [1.82, 2.24) is 19.9 Å². The molecule has 0 aliphatic rings. The molecule has 0 unspecified atom stereocenters. The zero-order valence-corrected chi connectivity index (χ0v) is 13.7. The minimum absolute atomic E-state index is 0.0961. The van der Waals surface area contributed by atoms with Crippen molar-refractivity contribution in [1.29, 1.82) is 0 Å². The van der Waals surface area contributed by atoms with Crippen LogP contribution in [-0.4, -0.2) is 31.6 Å². The number of H-pyrrole nitrogens is 1. The third kappa shape index (κ3) is 3.93. The normalized spacial score (nSPS) is 10.7. The van der Waals surface area contributed by atoms with Crippen LogP contribution in [0.5, 0.6) is 0 Å². The lowest BCUT2D eigenvalue weighted by atomic mass is 10.2. The van der Waals surface area contributed by atoms with Gasteiger partial charge in [0.1, 0.15) is 0 Å². The van der Waals surface area contributed by atoms with Gasteiger partial charge < -0.3 is 4.52 Å². The molecule has 2 N–H and O–H groups in total. The Morgan fingerprint density at radius 1 is 1.38 bits per heavy atom. The Morgan fingerprint density at radius 2 is 2.17 bits per heavy atom. The molecule has 1 amide bonds. The van der Waals surface area contributed by atoms with Crippen molar-refractivity contribution in [3.8, 4) is 0 Å². The molecule has 1 aromatic carbocycles. The monoisotopic (exact) mass is 345 g/mol. The fourth-order valence-electron chi connectivity index (χ4n) is 2.04. The van der Waals surface area contributed by atoms with Crippen LogP contribution in [0.15, 0.2) is 50.9 Å². The Labute approximate surface area is 141 Å². The highest BCUT2D eigenvalue weighted by atomic mass is 32.2. The lowest BCUT2D eigenvalue weighted by Crippen LogP contribution is -2.19. The maximum absolute atomic E-state index is 11.9. The fourth-order valence-corrected chi connectivity index (χ4v) is 2.79. The number of hydrogen-bond acceptors (Lipinski definition) is 6. The van der Waals surface area contributed by atoms with Crippen LogP contribution in [-0.2, 0) is 11.3 Å². The average Bonchev–Trinajstić information content (AvgIpc) is 3.13. The van der Waals surface area contributed by atoms with Crippen LogP contribution < -0.4 is 11.0 Å². The Hall–Kier alpha value is -2.81. The first-order chi connectivity index (χ1) is 11.6. The van der Waals surface area contributed by atoms with Gasteiger partial charge in [-0.3, -0.25) is 14.7 Å². The summed E-state index contributed by atoms with van der Waals surface area (Å²) >= 11 is 1.17. The molecule has 0 spiro atoms. The molecule has 0 atom stereocenters. The summed E-state index contributed by atoms with van der Waals surface area (Å²) in [7, 11) is 0. The standard InChI is InChI=1S/C15H15N5O3S/c1-10-7-13(23-19-10)16-12(21)9-24-15-18-17-14(22)20(15)8-11-5-3-2-4-6-11/h2-7H,8-9H2,1H3,(H,16,21)(H,17,22). The molecule has 0 radical (unpaired) electrons. The molecule has 0 fully saturated rings. The number of benzene rings is 1. The van der Waals surface area contributed by atoms with E-state index in [0.717, 1.165) is 5.56 Å². The molecular weight excluding hydrogens is 330 g/mol. The van der Waals surface area contributed by atoms with E-state index in [1.807, 2.05) is 30.3 Å². The smallest absolute Gasteiger partial charge is 0.338 e. The molecule has 3 aromatic rings. The van der Waals surface area contributed by atoms with Crippen LogP contribution in [0.25, 0.3) is 0 Å². The van der Waals surface area contributed by atoms with Gasteiger partial charge in [0.15, 0.2) is 5.16 Å². The Balaban J connectivity index is 1.63. The van der Waals surface area contributed by atoms with Crippen LogP contribution in [0.1, 0.15) is 11.3 Å². The summed E-state index contributed by atoms with van der Waals surface area (Å²) in [6, 6.07) is 11.2. The molecule has 0 aliphatic carbocycles. The molecule has 0 aliphatic heterocycles. The first kappa shape index (κ1) is 16.1. The van der Waals surface area contributed by atoms with Gasteiger partial charge in [0.05, 0.1) is 18.0 Å². The number of hydrogen-bond donors (Lipinski definition) is 2. The van der Waals surface area contributed by atoms with E-state index in [2.05, 4.69) is 20.7 Å². The molecule has 9 heteroatoms. The van der Waals surface area contributed by atoms with Gasteiger partial charge in [0.2, 0.25) is 11.8 Å². The van der Waals surface area contributed by atoms with E-state index in [1.165, 1.54) is 16.3 Å². The number of carbonyl (C=O) groups is 1. The molecule has 0 saturated carbocycles. The van der Waals surface area contributed by atoms with Gasteiger partial charge in [-0.1, -0.05) is 47.3 Å². The first-order valence-corrected chi connectivity index (χ1v) is 8.15. The summed E-state index contributed by atoms with van der Waals surface area (Å²) < 4.78 is 6.42. The van der Waals surface area contributed by atoms with Crippen molar-refractivity contribution in [2.75, 3.05) is 11.1 Å². The number of amides is 1. The second-order valence-electron chi connectivity index (χ2n) is 5.05. The van der Waals surface area contributed by atoms with E-state index in [-0.39, 0.29) is 17.3 Å². The third-order valence-electron chi connectivity index (χ3n) is 3.13. The zero-order chi connectivity index (χ0) is 16.9. The highest BCUT2D eigenvalue weighted by Gasteiger charge is 2.13. The summed E-state index contributed by atoms with van der Waals surface area (Å²) in [4.78, 5) is 23.8. The van der Waals surface area contributed by atoms with E-state index in [0.29, 0.717) is 23.3 Å². The molecule has 2 heterocycles. The lowest BCUT2D eigenvalue weighted by molar-refractivity contribution is -0.113. The molecule has 0 saturated heterocycles. The number of carbonyl (C=O) groups excluding carboxylic acids is 1. The molecule has 8 nitrogen and oxygen atoms in total. The molecule has 24 heavy (non-hydrogen) atoms. The fraction of sp³-hybridized carbons (Fsp3) is 0.200. The highest BCUT2D eigenvalue weighted by Crippen LogP contribution is 2.16. The van der Waals surface area contributed by atoms with Gasteiger partial charge >= 0.3 is 5.69 Å². The van der Waals surface area contributed by atoms with E-state index >= 15 is 0 Å². The van der Waals surface area contributed by atoms with Crippen LogP contribution in [0, 0.1) is 6.92 Å². The Kier molecular flexibility index (Phi) is 4.80. The molecule has 0 bridgehead atoms. The maximum atomic E-state index is 11.9. The summed E-state index contributed by atoms with van der Waals surface area (Å²) in [5.41, 5.74) is 1.35. The minimum atomic E-state index is -0.312. The van der Waals surface area contributed by atoms with Crippen LogP contribution in [0.4, 0.5) is 5.88 Å². The number of aryl methyl sites for hydroxylation is 1. The molecule has 2 aromatic heterocycles. The van der Waals surface area contributed by atoms with E-state index in [9.17, 15) is 9.59 Å². The number of thioether (sulfide) groups is 1. The van der Waals surface area contributed by atoms with Gasteiger partial charge in [0.25, 0.3) is 0 Å². The van der Waals surface area contributed by atoms with Crippen molar-refractivity contribution >= 4 is 23.6 Å². The zero-order valence-electron chi connectivity index (χ0n) is 12.9. The third-order valence-corrected chi connectivity index (χ3v) is 4.11. The number of aromatic nitrogens is 4. The second kappa shape index (κ2) is 7.18. The second-order valence-corrected chi connectivity index (χ2v) is 5.99. The van der Waals surface area contributed by atoms with Gasteiger partial charge in [0, 0.05) is 6.07 Å². The van der Waals surface area contributed by atoms with Gasteiger partial charge in [-0.05, 0) is 12.5 Å². The molecule has 3 rings (SSSR count).